The first-order valence-corrected chi connectivity index (χ1v) is 5.47. The van der Waals surface area contributed by atoms with Crippen LogP contribution in [0.5, 0.6) is 0 Å². The Morgan fingerprint density at radius 1 is 1.57 bits per heavy atom. The lowest BCUT2D eigenvalue weighted by Gasteiger charge is -2.27. The van der Waals surface area contributed by atoms with Crippen LogP contribution < -0.4 is 5.73 Å². The van der Waals surface area contributed by atoms with Gasteiger partial charge in [-0.2, -0.15) is 0 Å². The molecule has 0 aliphatic carbocycles. The summed E-state index contributed by atoms with van der Waals surface area (Å²) in [4.78, 5) is 0. The molecule has 1 aromatic rings. The Balaban J connectivity index is 3.17. The van der Waals surface area contributed by atoms with Gasteiger partial charge in [0.05, 0.1) is 6.61 Å². The van der Waals surface area contributed by atoms with Crippen LogP contribution >= 0.6 is 27.5 Å². The van der Waals surface area contributed by atoms with E-state index in [1.165, 1.54) is 0 Å². The molecule has 3 N–H and O–H groups in total. The first-order valence-electron chi connectivity index (χ1n) is 4.30. The van der Waals surface area contributed by atoms with Gasteiger partial charge < -0.3 is 10.8 Å². The van der Waals surface area contributed by atoms with E-state index in [4.69, 9.17) is 17.3 Å². The molecular formula is C10H13BrClNO. The third kappa shape index (κ3) is 2.28. The lowest BCUT2D eigenvalue weighted by atomic mass is 9.83. The minimum Gasteiger partial charge on any atom is -0.395 e. The Bertz CT molecular complexity index is 326. The van der Waals surface area contributed by atoms with Crippen molar-refractivity contribution in [3.63, 3.8) is 0 Å². The Morgan fingerprint density at radius 3 is 2.64 bits per heavy atom. The van der Waals surface area contributed by atoms with E-state index in [0.717, 1.165) is 10.0 Å². The first kappa shape index (κ1) is 12.0. The van der Waals surface area contributed by atoms with Gasteiger partial charge in [0.1, 0.15) is 0 Å². The molecule has 4 heteroatoms. The highest BCUT2D eigenvalue weighted by Gasteiger charge is 2.26. The van der Waals surface area contributed by atoms with Crippen LogP contribution in [-0.4, -0.2) is 18.3 Å². The molecule has 0 heterocycles. The molecule has 0 fully saturated rings. The SMILES string of the molecule is CC(CN)(CO)c1ccc(Cl)cc1Br. The van der Waals surface area contributed by atoms with Crippen LogP contribution in [0.1, 0.15) is 12.5 Å². The Morgan fingerprint density at radius 2 is 2.21 bits per heavy atom. The van der Waals surface area contributed by atoms with Gasteiger partial charge in [0.2, 0.25) is 0 Å². The molecule has 0 saturated carbocycles. The quantitative estimate of drug-likeness (QED) is 0.891. The number of halogens is 2. The number of rotatable bonds is 3. The maximum Gasteiger partial charge on any atom is 0.0537 e. The van der Waals surface area contributed by atoms with Crippen LogP contribution in [0.15, 0.2) is 22.7 Å². The lowest BCUT2D eigenvalue weighted by Crippen LogP contribution is -2.35. The molecule has 1 atom stereocenters. The zero-order chi connectivity index (χ0) is 10.8. The minimum absolute atomic E-state index is 0.0176. The Labute approximate surface area is 97.2 Å². The predicted molar refractivity (Wildman–Crippen MR) is 62.6 cm³/mol. The smallest absolute Gasteiger partial charge is 0.0537 e. The van der Waals surface area contributed by atoms with Gasteiger partial charge in [0, 0.05) is 21.5 Å². The molecule has 14 heavy (non-hydrogen) atoms. The highest BCUT2D eigenvalue weighted by molar-refractivity contribution is 9.10. The van der Waals surface area contributed by atoms with Crippen molar-refractivity contribution in [1.82, 2.24) is 0 Å². The van der Waals surface area contributed by atoms with Crippen LogP contribution in [0.4, 0.5) is 0 Å². The molecule has 0 radical (unpaired) electrons. The Hall–Kier alpha value is -0.0900. The maximum atomic E-state index is 9.30. The lowest BCUT2D eigenvalue weighted by molar-refractivity contribution is 0.210. The van der Waals surface area contributed by atoms with Crippen LogP contribution in [0.3, 0.4) is 0 Å². The van der Waals surface area contributed by atoms with Crippen molar-refractivity contribution < 1.29 is 5.11 Å². The number of hydrogen-bond donors (Lipinski definition) is 2. The highest BCUT2D eigenvalue weighted by atomic mass is 79.9. The average Bonchev–Trinajstić information content (AvgIpc) is 2.17. The summed E-state index contributed by atoms with van der Waals surface area (Å²) >= 11 is 9.24. The van der Waals surface area contributed by atoms with Gasteiger partial charge in [-0.1, -0.05) is 40.5 Å². The molecule has 1 aromatic carbocycles. The molecule has 0 saturated heterocycles. The number of benzene rings is 1. The number of aliphatic hydroxyl groups is 1. The second-order valence-corrected chi connectivity index (χ2v) is 4.84. The minimum atomic E-state index is -0.413. The zero-order valence-electron chi connectivity index (χ0n) is 7.93. The molecular weight excluding hydrogens is 265 g/mol. The van der Waals surface area contributed by atoms with E-state index in [0.29, 0.717) is 11.6 Å². The van der Waals surface area contributed by atoms with Crippen LogP contribution in [0.25, 0.3) is 0 Å². The molecule has 1 rings (SSSR count). The van der Waals surface area contributed by atoms with E-state index in [1.807, 2.05) is 13.0 Å². The van der Waals surface area contributed by atoms with Gasteiger partial charge in [-0.15, -0.1) is 0 Å². The largest absolute Gasteiger partial charge is 0.395 e. The van der Waals surface area contributed by atoms with E-state index in [2.05, 4.69) is 15.9 Å². The summed E-state index contributed by atoms with van der Waals surface area (Å²) in [6.07, 6.45) is 0. The van der Waals surface area contributed by atoms with Crippen molar-refractivity contribution in [3.05, 3.63) is 33.3 Å². The van der Waals surface area contributed by atoms with Crippen molar-refractivity contribution in [2.24, 2.45) is 5.73 Å². The molecule has 0 amide bonds. The molecule has 0 aliphatic heterocycles. The standard InChI is InChI=1S/C10H13BrClNO/c1-10(5-13,6-14)8-3-2-7(12)4-9(8)11/h2-4,14H,5-6,13H2,1H3. The normalized spacial score (nSPS) is 15.2. The van der Waals surface area contributed by atoms with Crippen molar-refractivity contribution in [3.8, 4) is 0 Å². The van der Waals surface area contributed by atoms with Crippen molar-refractivity contribution >= 4 is 27.5 Å². The van der Waals surface area contributed by atoms with Crippen molar-refractivity contribution in [2.45, 2.75) is 12.3 Å². The third-order valence-electron chi connectivity index (χ3n) is 2.38. The van der Waals surface area contributed by atoms with Gasteiger partial charge in [-0.05, 0) is 17.7 Å². The van der Waals surface area contributed by atoms with E-state index in [-0.39, 0.29) is 6.61 Å². The van der Waals surface area contributed by atoms with Gasteiger partial charge in [-0.3, -0.25) is 0 Å². The van der Waals surface area contributed by atoms with Gasteiger partial charge in [0.15, 0.2) is 0 Å². The fourth-order valence-electron chi connectivity index (χ4n) is 1.24. The molecule has 0 spiro atoms. The Kier molecular flexibility index (Phi) is 3.95. The predicted octanol–water partition coefficient (Wildman–Crippen LogP) is 2.31. The van der Waals surface area contributed by atoms with E-state index in [1.54, 1.807) is 12.1 Å². The molecule has 2 nitrogen and oxygen atoms in total. The van der Waals surface area contributed by atoms with E-state index < -0.39 is 5.41 Å². The average molecular weight is 279 g/mol. The summed E-state index contributed by atoms with van der Waals surface area (Å²) in [6, 6.07) is 5.49. The first-order chi connectivity index (χ1) is 6.53. The van der Waals surface area contributed by atoms with E-state index in [9.17, 15) is 5.11 Å². The van der Waals surface area contributed by atoms with E-state index >= 15 is 0 Å². The van der Waals surface area contributed by atoms with Crippen molar-refractivity contribution in [2.75, 3.05) is 13.2 Å². The van der Waals surface area contributed by atoms with Gasteiger partial charge in [0.25, 0.3) is 0 Å². The van der Waals surface area contributed by atoms with Gasteiger partial charge in [-0.25, -0.2) is 0 Å². The monoisotopic (exact) mass is 277 g/mol. The molecule has 0 aliphatic rings. The molecule has 78 valence electrons. The molecule has 0 aromatic heterocycles. The summed E-state index contributed by atoms with van der Waals surface area (Å²) < 4.78 is 0.881. The van der Waals surface area contributed by atoms with Crippen LogP contribution in [-0.2, 0) is 5.41 Å². The molecule has 1 unspecified atom stereocenters. The summed E-state index contributed by atoms with van der Waals surface area (Å²) in [7, 11) is 0. The second kappa shape index (κ2) is 4.62. The third-order valence-corrected chi connectivity index (χ3v) is 3.27. The number of hydrogen-bond acceptors (Lipinski definition) is 2. The highest BCUT2D eigenvalue weighted by Crippen LogP contribution is 2.31. The van der Waals surface area contributed by atoms with Crippen LogP contribution in [0.2, 0.25) is 5.02 Å². The summed E-state index contributed by atoms with van der Waals surface area (Å²) in [5.74, 6) is 0. The summed E-state index contributed by atoms with van der Waals surface area (Å²) in [5.41, 5.74) is 6.21. The number of aliphatic hydroxyl groups excluding tert-OH is 1. The van der Waals surface area contributed by atoms with Crippen LogP contribution in [0, 0.1) is 0 Å². The zero-order valence-corrected chi connectivity index (χ0v) is 10.3. The topological polar surface area (TPSA) is 46.2 Å². The maximum absolute atomic E-state index is 9.30. The number of nitrogens with two attached hydrogens (primary N) is 1. The molecule has 0 bridgehead atoms. The second-order valence-electron chi connectivity index (χ2n) is 3.55. The summed E-state index contributed by atoms with van der Waals surface area (Å²) in [6.45, 7) is 2.33. The van der Waals surface area contributed by atoms with Gasteiger partial charge >= 0.3 is 0 Å². The van der Waals surface area contributed by atoms with Crippen molar-refractivity contribution in [1.29, 1.82) is 0 Å². The summed E-state index contributed by atoms with van der Waals surface area (Å²) in [5, 5.41) is 9.96. The fourth-order valence-corrected chi connectivity index (χ4v) is 2.40. The fraction of sp³-hybridized carbons (Fsp3) is 0.400.